The van der Waals surface area contributed by atoms with Crippen molar-refractivity contribution in [1.29, 1.82) is 0 Å². The molecule has 0 amide bonds. The van der Waals surface area contributed by atoms with Gasteiger partial charge >= 0.3 is 0 Å². The van der Waals surface area contributed by atoms with Crippen molar-refractivity contribution in [3.8, 4) is 5.75 Å². The molecule has 2 aromatic rings. The molecule has 138 valence electrons. The van der Waals surface area contributed by atoms with Crippen LogP contribution in [0.5, 0.6) is 5.75 Å². The van der Waals surface area contributed by atoms with Crippen LogP contribution in [0, 0.1) is 34.6 Å². The van der Waals surface area contributed by atoms with Crippen LogP contribution in [0.2, 0.25) is 0 Å². The van der Waals surface area contributed by atoms with Crippen LogP contribution in [-0.4, -0.2) is 5.60 Å². The number of rotatable bonds is 3. The lowest BCUT2D eigenvalue weighted by atomic mass is 9.85. The van der Waals surface area contributed by atoms with Crippen LogP contribution in [0.15, 0.2) is 24.3 Å². The second-order valence-corrected chi connectivity index (χ2v) is 8.49. The standard InChI is InChI=1S/C25H32O/c1-16-11-12-21(17(2)15-16)9-8-10-22-19(4)18(3)20(5)24-23(22)13-14-25(6,7)26-24/h8,10-12,15H,9,13-14H2,1-7H3. The first-order valence-corrected chi connectivity index (χ1v) is 9.74. The van der Waals surface area contributed by atoms with Gasteiger partial charge in [-0.25, -0.2) is 0 Å². The molecule has 0 bridgehead atoms. The zero-order valence-electron chi connectivity index (χ0n) is 17.4. The second kappa shape index (κ2) is 6.95. The van der Waals surface area contributed by atoms with Gasteiger partial charge in [0.15, 0.2) is 0 Å². The van der Waals surface area contributed by atoms with Crippen molar-refractivity contribution in [2.24, 2.45) is 0 Å². The molecule has 1 aliphatic rings. The molecule has 0 spiro atoms. The molecule has 1 nitrogen and oxygen atoms in total. The van der Waals surface area contributed by atoms with Crippen LogP contribution in [-0.2, 0) is 12.8 Å². The Morgan fingerprint density at radius 1 is 1.00 bits per heavy atom. The fourth-order valence-electron chi connectivity index (χ4n) is 3.97. The van der Waals surface area contributed by atoms with Crippen LogP contribution in [0.3, 0.4) is 0 Å². The van der Waals surface area contributed by atoms with Gasteiger partial charge in [-0.05, 0) is 101 Å². The van der Waals surface area contributed by atoms with Crippen molar-refractivity contribution in [2.45, 2.75) is 73.3 Å². The van der Waals surface area contributed by atoms with E-state index in [9.17, 15) is 0 Å². The summed E-state index contributed by atoms with van der Waals surface area (Å²) in [6.07, 6.45) is 7.77. The summed E-state index contributed by atoms with van der Waals surface area (Å²) in [6, 6.07) is 6.72. The topological polar surface area (TPSA) is 9.23 Å². The van der Waals surface area contributed by atoms with Crippen molar-refractivity contribution in [3.05, 3.63) is 68.8 Å². The molecule has 1 aliphatic heterocycles. The highest BCUT2D eigenvalue weighted by atomic mass is 16.5. The zero-order chi connectivity index (χ0) is 19.1. The summed E-state index contributed by atoms with van der Waals surface area (Å²) in [7, 11) is 0. The fourth-order valence-corrected chi connectivity index (χ4v) is 3.97. The Hall–Kier alpha value is -2.02. The monoisotopic (exact) mass is 348 g/mol. The Bertz CT molecular complexity index is 868. The second-order valence-electron chi connectivity index (χ2n) is 8.49. The van der Waals surface area contributed by atoms with E-state index in [2.05, 4.69) is 78.8 Å². The van der Waals surface area contributed by atoms with Gasteiger partial charge in [-0.15, -0.1) is 0 Å². The number of hydrogen-bond acceptors (Lipinski definition) is 1. The van der Waals surface area contributed by atoms with Gasteiger partial charge in [0.1, 0.15) is 11.4 Å². The molecule has 1 heterocycles. The van der Waals surface area contributed by atoms with E-state index in [0.717, 1.165) is 25.0 Å². The molecule has 2 aromatic carbocycles. The molecular weight excluding hydrogens is 316 g/mol. The molecule has 0 atom stereocenters. The maximum absolute atomic E-state index is 6.39. The minimum absolute atomic E-state index is 0.0700. The van der Waals surface area contributed by atoms with Gasteiger partial charge in [0.05, 0.1) is 0 Å². The lowest BCUT2D eigenvalue weighted by Gasteiger charge is -2.35. The van der Waals surface area contributed by atoms with Crippen molar-refractivity contribution < 1.29 is 4.74 Å². The molecule has 26 heavy (non-hydrogen) atoms. The van der Waals surface area contributed by atoms with E-state index >= 15 is 0 Å². The summed E-state index contributed by atoms with van der Waals surface area (Å²) in [4.78, 5) is 0. The highest BCUT2D eigenvalue weighted by molar-refractivity contribution is 5.67. The van der Waals surface area contributed by atoms with Crippen LogP contribution >= 0.6 is 0 Å². The highest BCUT2D eigenvalue weighted by Gasteiger charge is 2.30. The van der Waals surface area contributed by atoms with Crippen LogP contribution in [0.1, 0.15) is 64.8 Å². The Balaban J connectivity index is 1.96. The molecular formula is C25H32O. The molecule has 0 radical (unpaired) electrons. The summed E-state index contributed by atoms with van der Waals surface area (Å²) >= 11 is 0. The average molecular weight is 349 g/mol. The first-order valence-electron chi connectivity index (χ1n) is 9.74. The first-order chi connectivity index (χ1) is 12.2. The van der Waals surface area contributed by atoms with Gasteiger partial charge in [-0.1, -0.05) is 35.9 Å². The number of ether oxygens (including phenoxy) is 1. The molecule has 0 saturated heterocycles. The van der Waals surface area contributed by atoms with E-state index in [-0.39, 0.29) is 5.60 Å². The van der Waals surface area contributed by atoms with Crippen molar-refractivity contribution in [2.75, 3.05) is 0 Å². The zero-order valence-corrected chi connectivity index (χ0v) is 17.4. The summed E-state index contributed by atoms with van der Waals surface area (Å²) in [5.74, 6) is 1.12. The van der Waals surface area contributed by atoms with Gasteiger partial charge in [0, 0.05) is 5.56 Å². The number of fused-ring (bicyclic) bond motifs is 1. The molecule has 0 aromatic heterocycles. The van der Waals surface area contributed by atoms with Crippen molar-refractivity contribution in [3.63, 3.8) is 0 Å². The smallest absolute Gasteiger partial charge is 0.127 e. The van der Waals surface area contributed by atoms with Gasteiger partial charge in [-0.2, -0.15) is 0 Å². The molecule has 0 N–H and O–H groups in total. The third kappa shape index (κ3) is 3.58. The Morgan fingerprint density at radius 3 is 2.42 bits per heavy atom. The first kappa shape index (κ1) is 18.8. The molecule has 0 saturated carbocycles. The summed E-state index contributed by atoms with van der Waals surface area (Å²) in [5, 5.41) is 0. The highest BCUT2D eigenvalue weighted by Crippen LogP contribution is 2.41. The average Bonchev–Trinajstić information content (AvgIpc) is 2.57. The maximum Gasteiger partial charge on any atom is 0.127 e. The van der Waals surface area contributed by atoms with Crippen LogP contribution in [0.4, 0.5) is 0 Å². The van der Waals surface area contributed by atoms with E-state index in [1.165, 1.54) is 44.5 Å². The molecule has 0 unspecified atom stereocenters. The maximum atomic E-state index is 6.39. The molecule has 3 rings (SSSR count). The van der Waals surface area contributed by atoms with E-state index < -0.39 is 0 Å². The molecule has 1 heteroatoms. The third-order valence-electron chi connectivity index (χ3n) is 5.94. The van der Waals surface area contributed by atoms with E-state index in [0.29, 0.717) is 0 Å². The Labute approximate surface area is 159 Å². The Morgan fingerprint density at radius 2 is 1.73 bits per heavy atom. The van der Waals surface area contributed by atoms with Gasteiger partial charge in [0.2, 0.25) is 0 Å². The van der Waals surface area contributed by atoms with E-state index in [1.54, 1.807) is 0 Å². The number of hydrogen-bond donors (Lipinski definition) is 0. The quantitative estimate of drug-likeness (QED) is 0.608. The summed E-state index contributed by atoms with van der Waals surface area (Å²) < 4.78 is 6.39. The molecule has 0 aliphatic carbocycles. The molecule has 0 fully saturated rings. The minimum Gasteiger partial charge on any atom is -0.487 e. The number of aryl methyl sites for hydroxylation is 2. The van der Waals surface area contributed by atoms with Gasteiger partial charge in [0.25, 0.3) is 0 Å². The fraction of sp³-hybridized carbons (Fsp3) is 0.440. The van der Waals surface area contributed by atoms with Crippen molar-refractivity contribution >= 4 is 6.08 Å². The van der Waals surface area contributed by atoms with E-state index in [4.69, 9.17) is 4.74 Å². The largest absolute Gasteiger partial charge is 0.487 e. The minimum atomic E-state index is -0.0700. The van der Waals surface area contributed by atoms with Gasteiger partial charge in [-0.3, -0.25) is 0 Å². The summed E-state index contributed by atoms with van der Waals surface area (Å²) in [6.45, 7) is 15.4. The van der Waals surface area contributed by atoms with Gasteiger partial charge < -0.3 is 4.74 Å². The SMILES string of the molecule is Cc1ccc(CC=Cc2c(C)c(C)c(C)c3c2CCC(C)(C)O3)c(C)c1. The number of allylic oxidation sites excluding steroid dienone is 1. The lowest BCUT2D eigenvalue weighted by Crippen LogP contribution is -2.33. The number of benzene rings is 2. The normalized spacial score (nSPS) is 15.8. The Kier molecular flexibility index (Phi) is 5.01. The van der Waals surface area contributed by atoms with Crippen LogP contribution in [0.25, 0.3) is 6.08 Å². The lowest BCUT2D eigenvalue weighted by molar-refractivity contribution is 0.0835. The predicted molar refractivity (Wildman–Crippen MR) is 112 cm³/mol. The summed E-state index contributed by atoms with van der Waals surface area (Å²) in [5.41, 5.74) is 10.8. The van der Waals surface area contributed by atoms with E-state index in [1.807, 2.05) is 0 Å². The predicted octanol–water partition coefficient (Wildman–Crippen LogP) is 6.59. The van der Waals surface area contributed by atoms with Crippen LogP contribution < -0.4 is 4.74 Å². The van der Waals surface area contributed by atoms with Crippen molar-refractivity contribution in [1.82, 2.24) is 0 Å². The third-order valence-corrected chi connectivity index (χ3v) is 5.94.